The molecular formula is C14H16FNO4. The largest absolute Gasteiger partial charge is 0.480 e. The first-order chi connectivity index (χ1) is 9.52. The van der Waals surface area contributed by atoms with Crippen LogP contribution in [0.25, 0.3) is 0 Å². The van der Waals surface area contributed by atoms with Crippen LogP contribution < -0.4 is 5.32 Å². The molecule has 108 valence electrons. The highest BCUT2D eigenvalue weighted by Crippen LogP contribution is 2.04. The summed E-state index contributed by atoms with van der Waals surface area (Å²) in [5, 5.41) is 11.3. The summed E-state index contributed by atoms with van der Waals surface area (Å²) in [5.41, 5.74) is 0.471. The minimum Gasteiger partial charge on any atom is -0.480 e. The lowest BCUT2D eigenvalue weighted by molar-refractivity contribution is -0.143. The molecule has 0 fully saturated rings. The van der Waals surface area contributed by atoms with Crippen molar-refractivity contribution < 1.29 is 23.8 Å². The van der Waals surface area contributed by atoms with Crippen molar-refractivity contribution in [3.63, 3.8) is 0 Å². The van der Waals surface area contributed by atoms with Gasteiger partial charge in [-0.25, -0.2) is 9.18 Å². The number of halogens is 1. The SMILES string of the molecule is C=CCOCC(NC(=O)Cc1cccc(F)c1)C(=O)O. The van der Waals surface area contributed by atoms with E-state index in [4.69, 9.17) is 9.84 Å². The lowest BCUT2D eigenvalue weighted by Crippen LogP contribution is -2.44. The molecule has 0 saturated heterocycles. The Hall–Kier alpha value is -2.21. The molecule has 1 rings (SSSR count). The first kappa shape index (κ1) is 15.8. The van der Waals surface area contributed by atoms with Crippen molar-refractivity contribution in [2.45, 2.75) is 12.5 Å². The van der Waals surface area contributed by atoms with Crippen molar-refractivity contribution in [3.05, 3.63) is 48.3 Å². The third kappa shape index (κ3) is 5.62. The summed E-state index contributed by atoms with van der Waals surface area (Å²) in [5.74, 6) is -2.15. The Morgan fingerprint density at radius 3 is 2.85 bits per heavy atom. The molecule has 0 bridgehead atoms. The summed E-state index contributed by atoms with van der Waals surface area (Å²) < 4.78 is 18.0. The maximum atomic E-state index is 13.0. The van der Waals surface area contributed by atoms with Crippen LogP contribution in [0.1, 0.15) is 5.56 Å². The molecule has 1 aromatic carbocycles. The van der Waals surface area contributed by atoms with Gasteiger partial charge >= 0.3 is 5.97 Å². The molecule has 1 atom stereocenters. The molecule has 0 aromatic heterocycles. The number of nitrogens with one attached hydrogen (secondary N) is 1. The van der Waals surface area contributed by atoms with E-state index in [1.54, 1.807) is 6.07 Å². The van der Waals surface area contributed by atoms with Crippen molar-refractivity contribution >= 4 is 11.9 Å². The van der Waals surface area contributed by atoms with E-state index in [1.807, 2.05) is 0 Å². The number of rotatable bonds is 8. The van der Waals surface area contributed by atoms with E-state index in [2.05, 4.69) is 11.9 Å². The molecule has 5 nitrogen and oxygen atoms in total. The molecule has 1 aromatic rings. The van der Waals surface area contributed by atoms with Crippen molar-refractivity contribution in [1.82, 2.24) is 5.32 Å². The Kier molecular flexibility index (Phi) is 6.39. The zero-order valence-electron chi connectivity index (χ0n) is 10.8. The Morgan fingerprint density at radius 2 is 2.25 bits per heavy atom. The van der Waals surface area contributed by atoms with Crippen molar-refractivity contribution in [1.29, 1.82) is 0 Å². The van der Waals surface area contributed by atoms with Gasteiger partial charge in [0.1, 0.15) is 5.82 Å². The number of carboxylic acids is 1. The molecule has 1 unspecified atom stereocenters. The Bertz CT molecular complexity index is 490. The summed E-state index contributed by atoms with van der Waals surface area (Å²) in [6.45, 7) is 3.47. The van der Waals surface area contributed by atoms with Crippen molar-refractivity contribution in [3.8, 4) is 0 Å². The highest BCUT2D eigenvalue weighted by molar-refractivity contribution is 5.84. The third-order valence-electron chi connectivity index (χ3n) is 2.41. The standard InChI is InChI=1S/C14H16FNO4/c1-2-6-20-9-12(14(18)19)16-13(17)8-10-4-3-5-11(15)7-10/h2-5,7,12H,1,6,8-9H2,(H,16,17)(H,18,19). The molecule has 1 amide bonds. The molecule has 0 aliphatic carbocycles. The van der Waals surface area contributed by atoms with E-state index in [0.717, 1.165) is 0 Å². The molecule has 0 heterocycles. The Balaban J connectivity index is 2.53. The first-order valence-corrected chi connectivity index (χ1v) is 5.98. The van der Waals surface area contributed by atoms with Gasteiger partial charge in [-0.15, -0.1) is 6.58 Å². The van der Waals surface area contributed by atoms with Crippen molar-refractivity contribution in [2.24, 2.45) is 0 Å². The van der Waals surface area contributed by atoms with Gasteiger partial charge in [-0.1, -0.05) is 18.2 Å². The second-order valence-electron chi connectivity index (χ2n) is 4.09. The van der Waals surface area contributed by atoms with E-state index < -0.39 is 23.7 Å². The van der Waals surface area contributed by atoms with Gasteiger partial charge in [-0.2, -0.15) is 0 Å². The summed E-state index contributed by atoms with van der Waals surface area (Å²) in [6, 6.07) is 4.43. The summed E-state index contributed by atoms with van der Waals surface area (Å²) in [4.78, 5) is 22.7. The average molecular weight is 281 g/mol. The van der Waals surface area contributed by atoms with Gasteiger partial charge in [-0.05, 0) is 17.7 Å². The molecule has 2 N–H and O–H groups in total. The number of hydrogen-bond donors (Lipinski definition) is 2. The number of hydrogen-bond acceptors (Lipinski definition) is 3. The van der Waals surface area contributed by atoms with Crippen LogP contribution in [0, 0.1) is 5.82 Å². The molecule has 0 spiro atoms. The van der Waals surface area contributed by atoms with Gasteiger partial charge in [0.05, 0.1) is 19.6 Å². The monoisotopic (exact) mass is 281 g/mol. The summed E-state index contributed by atoms with van der Waals surface area (Å²) in [6.07, 6.45) is 1.39. The number of benzene rings is 1. The van der Waals surface area contributed by atoms with E-state index in [1.165, 1.54) is 24.3 Å². The minimum atomic E-state index is -1.19. The lowest BCUT2D eigenvalue weighted by atomic mass is 10.1. The Morgan fingerprint density at radius 1 is 1.50 bits per heavy atom. The molecule has 0 aliphatic rings. The fourth-order valence-electron chi connectivity index (χ4n) is 1.52. The highest BCUT2D eigenvalue weighted by Gasteiger charge is 2.20. The molecule has 0 saturated carbocycles. The summed E-state index contributed by atoms with van der Waals surface area (Å²) in [7, 11) is 0. The van der Waals surface area contributed by atoms with E-state index in [9.17, 15) is 14.0 Å². The zero-order valence-corrected chi connectivity index (χ0v) is 10.8. The smallest absolute Gasteiger partial charge is 0.328 e. The summed E-state index contributed by atoms with van der Waals surface area (Å²) >= 11 is 0. The van der Waals surface area contributed by atoms with Crippen LogP contribution >= 0.6 is 0 Å². The van der Waals surface area contributed by atoms with Gasteiger partial charge in [0.2, 0.25) is 5.91 Å². The maximum absolute atomic E-state index is 13.0. The number of aliphatic carboxylic acids is 1. The number of carbonyl (C=O) groups excluding carboxylic acids is 1. The number of carboxylic acid groups (broad SMARTS) is 1. The molecule has 0 radical (unpaired) electrons. The van der Waals surface area contributed by atoms with E-state index >= 15 is 0 Å². The molecule has 6 heteroatoms. The predicted octanol–water partition coefficient (Wildman–Crippen LogP) is 1.14. The second kappa shape index (κ2) is 8.06. The minimum absolute atomic E-state index is 0.0942. The topological polar surface area (TPSA) is 75.6 Å². The third-order valence-corrected chi connectivity index (χ3v) is 2.41. The van der Waals surface area contributed by atoms with E-state index in [0.29, 0.717) is 5.56 Å². The van der Waals surface area contributed by atoms with Gasteiger partial charge in [-0.3, -0.25) is 4.79 Å². The van der Waals surface area contributed by atoms with E-state index in [-0.39, 0.29) is 19.6 Å². The second-order valence-corrected chi connectivity index (χ2v) is 4.09. The molecular weight excluding hydrogens is 265 g/mol. The van der Waals surface area contributed by atoms with Crippen LogP contribution in [0.15, 0.2) is 36.9 Å². The van der Waals surface area contributed by atoms with Crippen LogP contribution in [-0.2, 0) is 20.7 Å². The van der Waals surface area contributed by atoms with Crippen LogP contribution in [-0.4, -0.2) is 36.2 Å². The normalized spacial score (nSPS) is 11.7. The first-order valence-electron chi connectivity index (χ1n) is 5.98. The molecule has 20 heavy (non-hydrogen) atoms. The van der Waals surface area contributed by atoms with Gasteiger partial charge in [0.25, 0.3) is 0 Å². The fraction of sp³-hybridized carbons (Fsp3) is 0.286. The zero-order chi connectivity index (χ0) is 15.0. The van der Waals surface area contributed by atoms with Gasteiger partial charge in [0, 0.05) is 0 Å². The van der Waals surface area contributed by atoms with Crippen molar-refractivity contribution in [2.75, 3.05) is 13.2 Å². The number of carbonyl (C=O) groups is 2. The fourth-order valence-corrected chi connectivity index (χ4v) is 1.52. The van der Waals surface area contributed by atoms with Crippen LogP contribution in [0.5, 0.6) is 0 Å². The number of ether oxygens (including phenoxy) is 1. The van der Waals surface area contributed by atoms with Gasteiger partial charge in [0.15, 0.2) is 6.04 Å². The maximum Gasteiger partial charge on any atom is 0.328 e. The molecule has 0 aliphatic heterocycles. The van der Waals surface area contributed by atoms with Crippen LogP contribution in [0.4, 0.5) is 4.39 Å². The van der Waals surface area contributed by atoms with Crippen LogP contribution in [0.3, 0.4) is 0 Å². The quantitative estimate of drug-likeness (QED) is 0.553. The average Bonchev–Trinajstić information content (AvgIpc) is 2.37. The number of amides is 1. The lowest BCUT2D eigenvalue weighted by Gasteiger charge is -2.14. The van der Waals surface area contributed by atoms with Crippen LogP contribution in [0.2, 0.25) is 0 Å². The van der Waals surface area contributed by atoms with Gasteiger partial charge < -0.3 is 15.2 Å². The highest BCUT2D eigenvalue weighted by atomic mass is 19.1. The predicted molar refractivity (Wildman–Crippen MR) is 70.7 cm³/mol. The Labute approximate surface area is 116 Å².